The maximum Gasteiger partial charge on any atom is 0.226 e. The highest BCUT2D eigenvalue weighted by Gasteiger charge is 2.15. The van der Waals surface area contributed by atoms with Crippen LogP contribution in [0, 0.1) is 0 Å². The predicted molar refractivity (Wildman–Crippen MR) is 87.5 cm³/mol. The van der Waals surface area contributed by atoms with Gasteiger partial charge in [0, 0.05) is 24.6 Å². The number of amides is 1. The first-order valence-corrected chi connectivity index (χ1v) is 7.86. The number of thiocarbonyl (C=S) groups is 1. The lowest BCUT2D eigenvalue weighted by Gasteiger charge is -2.13. The SMILES string of the molecule is O=C(CCc1ccccc1Cl)NC(=S)NCC1CCCO1. The minimum atomic E-state index is -0.111. The summed E-state index contributed by atoms with van der Waals surface area (Å²) in [5, 5.41) is 6.73. The third kappa shape index (κ3) is 5.61. The minimum Gasteiger partial charge on any atom is -0.376 e. The lowest BCUT2D eigenvalue weighted by Crippen LogP contribution is -2.42. The average Bonchev–Trinajstić information content (AvgIpc) is 2.97. The number of benzene rings is 1. The summed E-state index contributed by atoms with van der Waals surface area (Å²) in [5.74, 6) is -0.111. The maximum absolute atomic E-state index is 11.8. The van der Waals surface area contributed by atoms with Gasteiger partial charge in [-0.15, -0.1) is 0 Å². The number of carbonyl (C=O) groups excluding carboxylic acids is 1. The molecule has 1 aliphatic heterocycles. The maximum atomic E-state index is 11.8. The van der Waals surface area contributed by atoms with Crippen molar-refractivity contribution in [2.75, 3.05) is 13.2 Å². The van der Waals surface area contributed by atoms with E-state index in [1.54, 1.807) is 0 Å². The quantitative estimate of drug-likeness (QED) is 0.816. The number of hydrogen-bond acceptors (Lipinski definition) is 3. The average molecular weight is 327 g/mol. The van der Waals surface area contributed by atoms with Crippen LogP contribution < -0.4 is 10.6 Å². The largest absolute Gasteiger partial charge is 0.376 e. The van der Waals surface area contributed by atoms with Crippen molar-refractivity contribution >= 4 is 34.8 Å². The fraction of sp³-hybridized carbons (Fsp3) is 0.467. The Morgan fingerprint density at radius 3 is 2.95 bits per heavy atom. The van der Waals surface area contributed by atoms with Crippen molar-refractivity contribution in [2.45, 2.75) is 31.8 Å². The van der Waals surface area contributed by atoms with Gasteiger partial charge in [0.05, 0.1) is 6.10 Å². The molecule has 0 radical (unpaired) electrons. The van der Waals surface area contributed by atoms with Crippen LogP contribution in [0.15, 0.2) is 24.3 Å². The smallest absolute Gasteiger partial charge is 0.226 e. The Labute approximate surface area is 135 Å². The summed E-state index contributed by atoms with van der Waals surface area (Å²) in [5.41, 5.74) is 0.965. The first kappa shape index (κ1) is 16.2. The molecule has 1 heterocycles. The Morgan fingerprint density at radius 1 is 1.43 bits per heavy atom. The lowest BCUT2D eigenvalue weighted by atomic mass is 10.1. The number of ether oxygens (including phenoxy) is 1. The molecule has 0 aromatic heterocycles. The molecular weight excluding hydrogens is 308 g/mol. The molecule has 0 aliphatic carbocycles. The molecule has 0 bridgehead atoms. The Morgan fingerprint density at radius 2 is 2.24 bits per heavy atom. The fourth-order valence-corrected chi connectivity index (χ4v) is 2.62. The number of nitrogens with one attached hydrogen (secondary N) is 2. The zero-order valence-corrected chi connectivity index (χ0v) is 13.3. The molecule has 1 unspecified atom stereocenters. The zero-order valence-electron chi connectivity index (χ0n) is 11.7. The van der Waals surface area contributed by atoms with Gasteiger partial charge >= 0.3 is 0 Å². The third-order valence-electron chi connectivity index (χ3n) is 3.35. The molecule has 114 valence electrons. The van der Waals surface area contributed by atoms with Gasteiger partial charge in [-0.3, -0.25) is 4.79 Å². The van der Waals surface area contributed by atoms with Gasteiger partial charge in [-0.1, -0.05) is 29.8 Å². The molecular formula is C15H19ClN2O2S. The van der Waals surface area contributed by atoms with Crippen LogP contribution in [0.2, 0.25) is 5.02 Å². The molecule has 6 heteroatoms. The van der Waals surface area contributed by atoms with E-state index >= 15 is 0 Å². The predicted octanol–water partition coefficient (Wildman–Crippen LogP) is 2.44. The van der Waals surface area contributed by atoms with Crippen LogP contribution in [0.1, 0.15) is 24.8 Å². The van der Waals surface area contributed by atoms with Crippen molar-refractivity contribution in [3.8, 4) is 0 Å². The molecule has 1 amide bonds. The Balaban J connectivity index is 1.66. The van der Waals surface area contributed by atoms with Crippen LogP contribution in [-0.4, -0.2) is 30.3 Å². The summed E-state index contributed by atoms with van der Waals surface area (Å²) < 4.78 is 5.48. The highest BCUT2D eigenvalue weighted by molar-refractivity contribution is 7.80. The van der Waals surface area contributed by atoms with Gasteiger partial charge < -0.3 is 15.4 Å². The molecule has 1 fully saturated rings. The van der Waals surface area contributed by atoms with Crippen molar-refractivity contribution in [1.82, 2.24) is 10.6 Å². The first-order valence-electron chi connectivity index (χ1n) is 7.08. The first-order chi connectivity index (χ1) is 10.1. The van der Waals surface area contributed by atoms with Crippen molar-refractivity contribution in [2.24, 2.45) is 0 Å². The molecule has 2 N–H and O–H groups in total. The van der Waals surface area contributed by atoms with Gasteiger partial charge in [0.1, 0.15) is 0 Å². The molecule has 21 heavy (non-hydrogen) atoms. The van der Waals surface area contributed by atoms with E-state index in [1.165, 1.54) is 0 Å². The van der Waals surface area contributed by atoms with Crippen molar-refractivity contribution < 1.29 is 9.53 Å². The summed E-state index contributed by atoms with van der Waals surface area (Å²) in [4.78, 5) is 11.8. The van der Waals surface area contributed by atoms with Gasteiger partial charge in [0.2, 0.25) is 5.91 Å². The van der Waals surface area contributed by atoms with Gasteiger partial charge in [-0.05, 0) is 43.1 Å². The molecule has 2 rings (SSSR count). The van der Waals surface area contributed by atoms with Crippen molar-refractivity contribution in [3.05, 3.63) is 34.9 Å². The summed E-state index contributed by atoms with van der Waals surface area (Å²) >= 11 is 11.1. The van der Waals surface area contributed by atoms with Crippen LogP contribution in [0.3, 0.4) is 0 Å². The van der Waals surface area contributed by atoms with E-state index in [0.717, 1.165) is 25.0 Å². The second-order valence-corrected chi connectivity index (χ2v) is 5.80. The van der Waals surface area contributed by atoms with Crippen molar-refractivity contribution in [1.29, 1.82) is 0 Å². The summed E-state index contributed by atoms with van der Waals surface area (Å²) in [7, 11) is 0. The highest BCUT2D eigenvalue weighted by atomic mass is 35.5. The molecule has 1 saturated heterocycles. The van der Waals surface area contributed by atoms with Gasteiger partial charge in [0.25, 0.3) is 0 Å². The highest BCUT2D eigenvalue weighted by Crippen LogP contribution is 2.16. The van der Waals surface area contributed by atoms with Crippen LogP contribution in [-0.2, 0) is 16.0 Å². The van der Waals surface area contributed by atoms with E-state index in [-0.39, 0.29) is 12.0 Å². The lowest BCUT2D eigenvalue weighted by molar-refractivity contribution is -0.119. The van der Waals surface area contributed by atoms with Crippen LogP contribution in [0.25, 0.3) is 0 Å². The summed E-state index contributed by atoms with van der Waals surface area (Å²) in [6.07, 6.45) is 3.27. The topological polar surface area (TPSA) is 50.4 Å². The molecule has 1 aromatic rings. The van der Waals surface area contributed by atoms with E-state index in [9.17, 15) is 4.79 Å². The number of rotatable bonds is 5. The molecule has 0 saturated carbocycles. The monoisotopic (exact) mass is 326 g/mol. The standard InChI is InChI=1S/C15H19ClN2O2S/c16-13-6-2-1-4-11(13)7-8-14(19)18-15(21)17-10-12-5-3-9-20-12/h1-2,4,6,12H,3,5,7-10H2,(H2,17,18,19,21). The Kier molecular flexibility index (Phi) is 6.42. The van der Waals surface area contributed by atoms with Crippen LogP contribution >= 0.6 is 23.8 Å². The van der Waals surface area contributed by atoms with E-state index in [4.69, 9.17) is 28.6 Å². The normalized spacial score (nSPS) is 17.5. The number of hydrogen-bond donors (Lipinski definition) is 2. The van der Waals surface area contributed by atoms with Gasteiger partial charge in [-0.25, -0.2) is 0 Å². The number of aryl methyl sites for hydroxylation is 1. The number of carbonyl (C=O) groups is 1. The molecule has 4 nitrogen and oxygen atoms in total. The minimum absolute atomic E-state index is 0.111. The summed E-state index contributed by atoms with van der Waals surface area (Å²) in [6.45, 7) is 1.45. The van der Waals surface area contributed by atoms with E-state index in [0.29, 0.717) is 29.5 Å². The zero-order chi connectivity index (χ0) is 15.1. The molecule has 1 atom stereocenters. The van der Waals surface area contributed by atoms with Crippen LogP contribution in [0.4, 0.5) is 0 Å². The van der Waals surface area contributed by atoms with Gasteiger partial charge in [0.15, 0.2) is 5.11 Å². The van der Waals surface area contributed by atoms with E-state index < -0.39 is 0 Å². The van der Waals surface area contributed by atoms with Gasteiger partial charge in [-0.2, -0.15) is 0 Å². The van der Waals surface area contributed by atoms with Crippen molar-refractivity contribution in [3.63, 3.8) is 0 Å². The van der Waals surface area contributed by atoms with Crippen LogP contribution in [0.5, 0.6) is 0 Å². The third-order valence-corrected chi connectivity index (χ3v) is 3.96. The van der Waals surface area contributed by atoms with E-state index in [1.807, 2.05) is 24.3 Å². The number of halogens is 1. The summed E-state index contributed by atoms with van der Waals surface area (Å²) in [6, 6.07) is 7.52. The van der Waals surface area contributed by atoms with E-state index in [2.05, 4.69) is 10.6 Å². The Hall–Kier alpha value is -1.17. The fourth-order valence-electron chi connectivity index (χ4n) is 2.19. The second kappa shape index (κ2) is 8.32. The Bertz CT molecular complexity index is 504. The second-order valence-electron chi connectivity index (χ2n) is 4.98. The molecule has 1 aliphatic rings. The molecule has 1 aromatic carbocycles. The molecule has 0 spiro atoms.